The number of amides is 1. The zero-order valence-corrected chi connectivity index (χ0v) is 17.3. The predicted octanol–water partition coefficient (Wildman–Crippen LogP) is 3.91. The molecule has 29 heavy (non-hydrogen) atoms. The van der Waals surface area contributed by atoms with Gasteiger partial charge in [0.2, 0.25) is 15.9 Å². The van der Waals surface area contributed by atoms with E-state index in [-0.39, 0.29) is 10.8 Å². The quantitative estimate of drug-likeness (QED) is 0.727. The van der Waals surface area contributed by atoms with Gasteiger partial charge in [-0.15, -0.1) is 0 Å². The minimum Gasteiger partial charge on any atom is -0.497 e. The van der Waals surface area contributed by atoms with Crippen LogP contribution in [-0.2, 0) is 14.8 Å². The Hall–Kier alpha value is -2.64. The number of hydrogen-bond donors (Lipinski definition) is 1. The zero-order chi connectivity index (χ0) is 20.7. The normalized spacial score (nSPS) is 15.8. The van der Waals surface area contributed by atoms with Gasteiger partial charge in [-0.3, -0.25) is 4.79 Å². The van der Waals surface area contributed by atoms with E-state index in [1.165, 1.54) is 6.08 Å². The monoisotopic (exact) mass is 414 g/mol. The highest BCUT2D eigenvalue weighted by Crippen LogP contribution is 2.22. The van der Waals surface area contributed by atoms with Gasteiger partial charge in [0.1, 0.15) is 5.75 Å². The van der Waals surface area contributed by atoms with Crippen LogP contribution in [0.15, 0.2) is 59.5 Å². The van der Waals surface area contributed by atoms with Crippen LogP contribution in [0.2, 0.25) is 0 Å². The molecule has 1 amide bonds. The molecule has 1 saturated heterocycles. The number of carbonyl (C=O) groups excluding carboxylic acids is 1. The van der Waals surface area contributed by atoms with E-state index in [1.807, 2.05) is 24.3 Å². The number of ether oxygens (including phenoxy) is 1. The van der Waals surface area contributed by atoms with Crippen LogP contribution < -0.4 is 10.1 Å². The van der Waals surface area contributed by atoms with E-state index in [9.17, 15) is 13.2 Å². The van der Waals surface area contributed by atoms with E-state index in [0.29, 0.717) is 18.8 Å². The summed E-state index contributed by atoms with van der Waals surface area (Å²) in [5.41, 5.74) is 1.42. The maximum Gasteiger partial charge on any atom is 0.248 e. The Morgan fingerprint density at radius 3 is 2.17 bits per heavy atom. The molecule has 1 heterocycles. The fourth-order valence-electron chi connectivity index (χ4n) is 3.21. The van der Waals surface area contributed by atoms with Crippen molar-refractivity contribution in [2.45, 2.75) is 30.6 Å². The van der Waals surface area contributed by atoms with E-state index >= 15 is 0 Å². The molecule has 1 aliphatic rings. The Bertz CT molecular complexity index is 943. The van der Waals surface area contributed by atoms with Gasteiger partial charge in [-0.2, -0.15) is 4.31 Å². The number of nitrogens with zero attached hydrogens (tertiary/aromatic N) is 1. The number of sulfonamides is 1. The van der Waals surface area contributed by atoms with Gasteiger partial charge in [0.25, 0.3) is 0 Å². The molecule has 154 valence electrons. The maximum atomic E-state index is 12.8. The highest BCUT2D eigenvalue weighted by Gasteiger charge is 2.24. The van der Waals surface area contributed by atoms with E-state index in [2.05, 4.69) is 5.32 Å². The maximum absolute atomic E-state index is 12.8. The number of hydrogen-bond acceptors (Lipinski definition) is 4. The van der Waals surface area contributed by atoms with Crippen molar-refractivity contribution in [3.8, 4) is 5.75 Å². The molecule has 7 heteroatoms. The lowest BCUT2D eigenvalue weighted by Gasteiger charge is -2.20. The lowest BCUT2D eigenvalue weighted by molar-refractivity contribution is -0.111. The number of rotatable bonds is 6. The standard InChI is InChI=1S/C22H26N2O4S/c1-28-20-11-6-18(7-12-20)8-15-22(25)23-19-9-13-21(14-10-19)29(26,27)24-16-4-2-3-5-17-24/h6-15H,2-5,16-17H2,1H3,(H,23,25)/b15-8+. The van der Waals surface area contributed by atoms with Crippen molar-refractivity contribution >= 4 is 27.7 Å². The van der Waals surface area contributed by atoms with Crippen LogP contribution in [0.4, 0.5) is 5.69 Å². The Morgan fingerprint density at radius 1 is 0.966 bits per heavy atom. The average molecular weight is 415 g/mol. The molecule has 3 rings (SSSR count). The summed E-state index contributed by atoms with van der Waals surface area (Å²) < 4.78 is 32.3. The minimum absolute atomic E-state index is 0.256. The van der Waals surface area contributed by atoms with Crippen molar-refractivity contribution in [3.05, 3.63) is 60.2 Å². The molecule has 0 unspecified atom stereocenters. The van der Waals surface area contributed by atoms with Crippen LogP contribution in [0.5, 0.6) is 5.75 Å². The van der Waals surface area contributed by atoms with E-state index in [1.54, 1.807) is 41.8 Å². The number of benzene rings is 2. The lowest BCUT2D eigenvalue weighted by atomic mass is 10.2. The Morgan fingerprint density at radius 2 is 1.59 bits per heavy atom. The molecule has 0 atom stereocenters. The summed E-state index contributed by atoms with van der Waals surface area (Å²) in [6.07, 6.45) is 7.07. The van der Waals surface area contributed by atoms with Gasteiger partial charge in [0.05, 0.1) is 12.0 Å². The van der Waals surface area contributed by atoms with Gasteiger partial charge in [0.15, 0.2) is 0 Å². The summed E-state index contributed by atoms with van der Waals surface area (Å²) in [7, 11) is -1.89. The van der Waals surface area contributed by atoms with Crippen molar-refractivity contribution in [3.63, 3.8) is 0 Å². The predicted molar refractivity (Wildman–Crippen MR) is 114 cm³/mol. The van der Waals surface area contributed by atoms with Gasteiger partial charge < -0.3 is 10.1 Å². The summed E-state index contributed by atoms with van der Waals surface area (Å²) in [6.45, 7) is 1.13. The SMILES string of the molecule is COc1ccc(/C=C/C(=O)Nc2ccc(S(=O)(=O)N3CCCCCC3)cc2)cc1. The molecule has 2 aromatic rings. The number of methoxy groups -OCH3 is 1. The molecular weight excluding hydrogens is 388 g/mol. The third-order valence-electron chi connectivity index (χ3n) is 4.87. The lowest BCUT2D eigenvalue weighted by Crippen LogP contribution is -2.31. The van der Waals surface area contributed by atoms with Crippen molar-refractivity contribution in [1.82, 2.24) is 4.31 Å². The molecule has 6 nitrogen and oxygen atoms in total. The Kier molecular flexibility index (Phi) is 7.06. The molecular formula is C22H26N2O4S. The van der Waals surface area contributed by atoms with Gasteiger partial charge in [-0.25, -0.2) is 8.42 Å². The third kappa shape index (κ3) is 5.68. The van der Waals surface area contributed by atoms with E-state index < -0.39 is 10.0 Å². The minimum atomic E-state index is -3.49. The largest absolute Gasteiger partial charge is 0.497 e. The molecule has 0 saturated carbocycles. The molecule has 0 bridgehead atoms. The zero-order valence-electron chi connectivity index (χ0n) is 16.5. The topological polar surface area (TPSA) is 75.7 Å². The molecule has 0 radical (unpaired) electrons. The van der Waals surface area contributed by atoms with Crippen molar-refractivity contribution in [2.75, 3.05) is 25.5 Å². The molecule has 0 aliphatic carbocycles. The molecule has 1 N–H and O–H groups in total. The van der Waals surface area contributed by atoms with Gasteiger partial charge in [-0.1, -0.05) is 25.0 Å². The molecule has 2 aromatic carbocycles. The van der Waals surface area contributed by atoms with Crippen LogP contribution in [0.1, 0.15) is 31.2 Å². The molecule has 0 spiro atoms. The first-order chi connectivity index (χ1) is 14.0. The van der Waals surface area contributed by atoms with Crippen LogP contribution in [0, 0.1) is 0 Å². The highest BCUT2D eigenvalue weighted by molar-refractivity contribution is 7.89. The van der Waals surface area contributed by atoms with Crippen LogP contribution in [-0.4, -0.2) is 38.8 Å². The van der Waals surface area contributed by atoms with Gasteiger partial charge in [0, 0.05) is 24.9 Å². The number of anilines is 1. The third-order valence-corrected chi connectivity index (χ3v) is 6.78. The Balaban J connectivity index is 1.62. The van der Waals surface area contributed by atoms with E-state index in [0.717, 1.165) is 37.0 Å². The first kappa shape index (κ1) is 21.1. The summed E-state index contributed by atoms with van der Waals surface area (Å²) in [5.74, 6) is 0.464. The summed E-state index contributed by atoms with van der Waals surface area (Å²) in [5, 5.41) is 2.74. The highest BCUT2D eigenvalue weighted by atomic mass is 32.2. The summed E-state index contributed by atoms with van der Waals surface area (Å²) in [4.78, 5) is 12.4. The smallest absolute Gasteiger partial charge is 0.248 e. The van der Waals surface area contributed by atoms with Gasteiger partial charge >= 0.3 is 0 Å². The van der Waals surface area contributed by atoms with Crippen molar-refractivity contribution < 1.29 is 17.9 Å². The number of carbonyl (C=O) groups is 1. The first-order valence-electron chi connectivity index (χ1n) is 9.72. The van der Waals surface area contributed by atoms with Crippen LogP contribution >= 0.6 is 0 Å². The average Bonchev–Trinajstić information content (AvgIpc) is 3.03. The second-order valence-electron chi connectivity index (χ2n) is 6.94. The van der Waals surface area contributed by atoms with Crippen molar-refractivity contribution in [1.29, 1.82) is 0 Å². The molecule has 1 aliphatic heterocycles. The summed E-state index contributed by atoms with van der Waals surface area (Å²) >= 11 is 0. The van der Waals surface area contributed by atoms with Crippen LogP contribution in [0.25, 0.3) is 6.08 Å². The summed E-state index contributed by atoms with van der Waals surface area (Å²) in [6, 6.07) is 13.7. The van der Waals surface area contributed by atoms with E-state index in [4.69, 9.17) is 4.74 Å². The van der Waals surface area contributed by atoms with Crippen molar-refractivity contribution in [2.24, 2.45) is 0 Å². The Labute approximate surface area is 172 Å². The second-order valence-corrected chi connectivity index (χ2v) is 8.88. The fourth-order valence-corrected chi connectivity index (χ4v) is 4.73. The number of nitrogens with one attached hydrogen (secondary N) is 1. The molecule has 1 fully saturated rings. The first-order valence-corrected chi connectivity index (χ1v) is 11.2. The molecule has 0 aromatic heterocycles. The van der Waals surface area contributed by atoms with Gasteiger partial charge in [-0.05, 0) is 60.9 Å². The van der Waals surface area contributed by atoms with Crippen LogP contribution in [0.3, 0.4) is 0 Å². The fraction of sp³-hybridized carbons (Fsp3) is 0.318. The second kappa shape index (κ2) is 9.71.